The first-order chi connectivity index (χ1) is 9.17. The number of pyridine rings is 1. The second kappa shape index (κ2) is 5.82. The maximum Gasteiger partial charge on any atom is 0.128 e. The number of hydrazine groups is 1. The van der Waals surface area contributed by atoms with Gasteiger partial charge in [-0.25, -0.2) is 10.4 Å². The summed E-state index contributed by atoms with van der Waals surface area (Å²) in [6, 6.07) is 10.2. The Balaban J connectivity index is 2.44. The molecule has 0 radical (unpaired) electrons. The molecule has 4 nitrogen and oxygen atoms in total. The fourth-order valence-corrected chi connectivity index (χ4v) is 2.26. The maximum atomic E-state index is 5.98. The van der Waals surface area contributed by atoms with Crippen LogP contribution in [0.2, 0.25) is 0 Å². The van der Waals surface area contributed by atoms with E-state index in [0.717, 1.165) is 23.1 Å². The Morgan fingerprint density at radius 1 is 1.21 bits per heavy atom. The van der Waals surface area contributed by atoms with Crippen LogP contribution in [-0.4, -0.2) is 4.98 Å². The SMILES string of the molecule is CCc1ccc(C(NN)c2c(C)ccnc2N)cc1. The zero-order valence-corrected chi connectivity index (χ0v) is 11.4. The van der Waals surface area contributed by atoms with E-state index in [9.17, 15) is 0 Å². The van der Waals surface area contributed by atoms with Crippen LogP contribution in [0.5, 0.6) is 0 Å². The predicted molar refractivity (Wildman–Crippen MR) is 78.4 cm³/mol. The predicted octanol–water partition coefficient (Wildman–Crippen LogP) is 2.09. The molecule has 0 aliphatic heterocycles. The first-order valence-electron chi connectivity index (χ1n) is 6.43. The Morgan fingerprint density at radius 2 is 1.89 bits per heavy atom. The summed E-state index contributed by atoms with van der Waals surface area (Å²) in [6.45, 7) is 4.15. The van der Waals surface area contributed by atoms with Crippen molar-refractivity contribution in [1.29, 1.82) is 0 Å². The first kappa shape index (κ1) is 13.5. The molecular weight excluding hydrogens is 236 g/mol. The first-order valence-corrected chi connectivity index (χ1v) is 6.43. The lowest BCUT2D eigenvalue weighted by Gasteiger charge is -2.20. The van der Waals surface area contributed by atoms with Gasteiger partial charge in [0.1, 0.15) is 5.82 Å². The number of nitrogens with zero attached hydrogens (tertiary/aromatic N) is 1. The van der Waals surface area contributed by atoms with Crippen molar-refractivity contribution in [2.75, 3.05) is 5.73 Å². The van der Waals surface area contributed by atoms with Crippen LogP contribution in [0.25, 0.3) is 0 Å². The Hall–Kier alpha value is -1.91. The minimum atomic E-state index is -0.139. The number of anilines is 1. The van der Waals surface area contributed by atoms with E-state index in [1.807, 2.05) is 13.0 Å². The number of aryl methyl sites for hydroxylation is 2. The van der Waals surface area contributed by atoms with Gasteiger partial charge in [-0.2, -0.15) is 0 Å². The van der Waals surface area contributed by atoms with E-state index in [-0.39, 0.29) is 6.04 Å². The number of aromatic nitrogens is 1. The van der Waals surface area contributed by atoms with Crippen LogP contribution in [0.1, 0.15) is 35.2 Å². The van der Waals surface area contributed by atoms with E-state index < -0.39 is 0 Å². The molecule has 19 heavy (non-hydrogen) atoms. The molecule has 4 heteroatoms. The van der Waals surface area contributed by atoms with Crippen molar-refractivity contribution in [3.63, 3.8) is 0 Å². The van der Waals surface area contributed by atoms with Gasteiger partial charge < -0.3 is 5.73 Å². The molecule has 0 aliphatic rings. The zero-order valence-electron chi connectivity index (χ0n) is 11.4. The summed E-state index contributed by atoms with van der Waals surface area (Å²) >= 11 is 0. The van der Waals surface area contributed by atoms with E-state index in [1.165, 1.54) is 5.56 Å². The molecule has 1 heterocycles. The van der Waals surface area contributed by atoms with Gasteiger partial charge in [-0.3, -0.25) is 5.84 Å². The van der Waals surface area contributed by atoms with Gasteiger partial charge in [0.2, 0.25) is 0 Å². The summed E-state index contributed by atoms with van der Waals surface area (Å²) in [6.07, 6.45) is 2.73. The van der Waals surface area contributed by atoms with Gasteiger partial charge in [-0.05, 0) is 36.1 Å². The van der Waals surface area contributed by atoms with Crippen LogP contribution in [0.15, 0.2) is 36.5 Å². The number of benzene rings is 1. The lowest BCUT2D eigenvalue weighted by Crippen LogP contribution is -2.30. The molecule has 0 aliphatic carbocycles. The molecule has 100 valence electrons. The van der Waals surface area contributed by atoms with Crippen molar-refractivity contribution in [2.24, 2.45) is 5.84 Å². The molecule has 1 unspecified atom stereocenters. The number of hydrogen-bond donors (Lipinski definition) is 3. The number of hydrogen-bond acceptors (Lipinski definition) is 4. The van der Waals surface area contributed by atoms with Crippen molar-refractivity contribution in [3.05, 3.63) is 58.8 Å². The van der Waals surface area contributed by atoms with Crippen LogP contribution in [-0.2, 0) is 6.42 Å². The van der Waals surface area contributed by atoms with Crippen molar-refractivity contribution < 1.29 is 0 Å². The molecule has 5 N–H and O–H groups in total. The van der Waals surface area contributed by atoms with Gasteiger partial charge in [0.05, 0.1) is 6.04 Å². The number of rotatable bonds is 4. The minimum Gasteiger partial charge on any atom is -0.383 e. The summed E-state index contributed by atoms with van der Waals surface area (Å²) in [5.74, 6) is 6.23. The highest BCUT2D eigenvalue weighted by atomic mass is 15.2. The molecule has 1 aromatic heterocycles. The van der Waals surface area contributed by atoms with E-state index in [0.29, 0.717) is 5.82 Å². The molecular formula is C15H20N4. The van der Waals surface area contributed by atoms with Gasteiger partial charge in [0.25, 0.3) is 0 Å². The smallest absolute Gasteiger partial charge is 0.128 e. The van der Waals surface area contributed by atoms with Gasteiger partial charge >= 0.3 is 0 Å². The van der Waals surface area contributed by atoms with Crippen LogP contribution in [0.3, 0.4) is 0 Å². The van der Waals surface area contributed by atoms with E-state index in [2.05, 4.69) is 41.6 Å². The number of nitrogens with one attached hydrogen (secondary N) is 1. The van der Waals surface area contributed by atoms with E-state index in [4.69, 9.17) is 11.6 Å². The Morgan fingerprint density at radius 3 is 2.42 bits per heavy atom. The van der Waals surface area contributed by atoms with Crippen LogP contribution >= 0.6 is 0 Å². The van der Waals surface area contributed by atoms with Crippen molar-refractivity contribution in [3.8, 4) is 0 Å². The third kappa shape index (κ3) is 2.75. The Labute approximate surface area is 113 Å². The van der Waals surface area contributed by atoms with Crippen LogP contribution < -0.4 is 17.0 Å². The zero-order chi connectivity index (χ0) is 13.8. The van der Waals surface area contributed by atoms with Crippen LogP contribution in [0.4, 0.5) is 5.82 Å². The highest BCUT2D eigenvalue weighted by molar-refractivity contribution is 5.50. The lowest BCUT2D eigenvalue weighted by molar-refractivity contribution is 0.633. The average molecular weight is 256 g/mol. The summed E-state index contributed by atoms with van der Waals surface area (Å²) in [5, 5.41) is 0. The van der Waals surface area contributed by atoms with Crippen molar-refractivity contribution >= 4 is 5.82 Å². The largest absolute Gasteiger partial charge is 0.383 e. The normalized spacial score (nSPS) is 12.4. The molecule has 1 atom stereocenters. The third-order valence-electron chi connectivity index (χ3n) is 3.42. The Kier molecular flexibility index (Phi) is 4.14. The summed E-state index contributed by atoms with van der Waals surface area (Å²) in [5.41, 5.74) is 13.2. The Bertz CT molecular complexity index is 528. The van der Waals surface area contributed by atoms with Crippen molar-refractivity contribution in [2.45, 2.75) is 26.3 Å². The van der Waals surface area contributed by atoms with Gasteiger partial charge in [0, 0.05) is 11.8 Å². The maximum absolute atomic E-state index is 5.98. The summed E-state index contributed by atoms with van der Waals surface area (Å²) in [4.78, 5) is 4.15. The number of nitrogen functional groups attached to an aromatic ring is 1. The fraction of sp³-hybridized carbons (Fsp3) is 0.267. The highest BCUT2D eigenvalue weighted by Crippen LogP contribution is 2.27. The highest BCUT2D eigenvalue weighted by Gasteiger charge is 2.18. The van der Waals surface area contributed by atoms with Gasteiger partial charge in [0.15, 0.2) is 0 Å². The molecule has 2 aromatic rings. The molecule has 0 bridgehead atoms. The van der Waals surface area contributed by atoms with Crippen LogP contribution in [0, 0.1) is 6.92 Å². The second-order valence-electron chi connectivity index (χ2n) is 4.62. The second-order valence-corrected chi connectivity index (χ2v) is 4.62. The van der Waals surface area contributed by atoms with Gasteiger partial charge in [-0.1, -0.05) is 31.2 Å². The van der Waals surface area contributed by atoms with Crippen molar-refractivity contribution in [1.82, 2.24) is 10.4 Å². The standard InChI is InChI=1S/C15H20N4/c1-3-11-4-6-12(7-5-11)14(19-17)13-10(2)8-9-18-15(13)16/h4-9,14,19H,3,17H2,1-2H3,(H2,16,18). The monoisotopic (exact) mass is 256 g/mol. The fourth-order valence-electron chi connectivity index (χ4n) is 2.26. The molecule has 0 spiro atoms. The summed E-state index contributed by atoms with van der Waals surface area (Å²) < 4.78 is 0. The quantitative estimate of drug-likeness (QED) is 0.578. The minimum absolute atomic E-state index is 0.139. The van der Waals surface area contributed by atoms with Gasteiger partial charge in [-0.15, -0.1) is 0 Å². The topological polar surface area (TPSA) is 77.0 Å². The summed E-state index contributed by atoms with van der Waals surface area (Å²) in [7, 11) is 0. The van der Waals surface area contributed by atoms with E-state index >= 15 is 0 Å². The molecule has 0 saturated heterocycles. The lowest BCUT2D eigenvalue weighted by atomic mass is 9.95. The molecule has 0 saturated carbocycles. The molecule has 0 fully saturated rings. The van der Waals surface area contributed by atoms with E-state index in [1.54, 1.807) is 6.20 Å². The molecule has 2 rings (SSSR count). The number of nitrogens with two attached hydrogens (primary N) is 2. The average Bonchev–Trinajstić information content (AvgIpc) is 2.43. The third-order valence-corrected chi connectivity index (χ3v) is 3.42. The molecule has 0 amide bonds. The molecule has 1 aromatic carbocycles.